The van der Waals surface area contributed by atoms with Gasteiger partial charge in [0.1, 0.15) is 17.6 Å². The first-order valence-corrected chi connectivity index (χ1v) is 7.31. The van der Waals surface area contributed by atoms with E-state index >= 15 is 0 Å². The Balaban J connectivity index is 2.01. The number of aromatic nitrogens is 4. The molecule has 0 amide bonds. The topological polar surface area (TPSA) is 112 Å². The molecule has 0 unspecified atom stereocenters. The van der Waals surface area contributed by atoms with Crippen LogP contribution < -0.4 is 15.8 Å². The van der Waals surface area contributed by atoms with Crippen molar-refractivity contribution >= 4 is 22.7 Å². The fourth-order valence-corrected chi connectivity index (χ4v) is 2.30. The number of nitrogens with two attached hydrogens (primary N) is 1. The second kappa shape index (κ2) is 6.07. The Morgan fingerprint density at radius 3 is 2.83 bits per heavy atom. The molecule has 0 bridgehead atoms. The minimum atomic E-state index is -0.231. The van der Waals surface area contributed by atoms with Crippen molar-refractivity contribution in [1.29, 1.82) is 0 Å². The van der Waals surface area contributed by atoms with Gasteiger partial charge in [0.15, 0.2) is 5.82 Å². The molecule has 0 saturated heterocycles. The second-order valence-corrected chi connectivity index (χ2v) is 5.05. The van der Waals surface area contributed by atoms with E-state index < -0.39 is 0 Å². The third-order valence-electron chi connectivity index (χ3n) is 3.45. The van der Waals surface area contributed by atoms with E-state index in [9.17, 15) is 0 Å². The van der Waals surface area contributed by atoms with E-state index in [1.54, 1.807) is 7.11 Å². The van der Waals surface area contributed by atoms with Crippen molar-refractivity contribution in [1.82, 2.24) is 20.1 Å². The summed E-state index contributed by atoms with van der Waals surface area (Å²) in [5.74, 6) is 2.56. The van der Waals surface area contributed by atoms with Crippen LogP contribution in [0.15, 0.2) is 22.7 Å². The van der Waals surface area contributed by atoms with Gasteiger partial charge < -0.3 is 20.3 Å². The third kappa shape index (κ3) is 2.87. The number of methoxy groups -OCH3 is 1. The molecule has 3 N–H and O–H groups in total. The lowest BCUT2D eigenvalue weighted by Gasteiger charge is -2.14. The molecule has 23 heavy (non-hydrogen) atoms. The Labute approximate surface area is 133 Å². The molecule has 1 aromatic carbocycles. The van der Waals surface area contributed by atoms with Crippen molar-refractivity contribution in [3.63, 3.8) is 0 Å². The smallest absolute Gasteiger partial charge is 0.248 e. The van der Waals surface area contributed by atoms with Gasteiger partial charge in [0.2, 0.25) is 11.8 Å². The van der Waals surface area contributed by atoms with Gasteiger partial charge in [0.25, 0.3) is 0 Å². The van der Waals surface area contributed by atoms with Crippen LogP contribution in [0, 0.1) is 0 Å². The molecule has 0 fully saturated rings. The highest BCUT2D eigenvalue weighted by Crippen LogP contribution is 2.32. The van der Waals surface area contributed by atoms with Crippen molar-refractivity contribution in [3.8, 4) is 5.75 Å². The van der Waals surface area contributed by atoms with Gasteiger partial charge in [-0.1, -0.05) is 18.1 Å². The summed E-state index contributed by atoms with van der Waals surface area (Å²) >= 11 is 0. The average Bonchev–Trinajstić information content (AvgIpc) is 3.03. The molecule has 8 heteroatoms. The van der Waals surface area contributed by atoms with Crippen LogP contribution in [0.3, 0.4) is 0 Å². The maximum Gasteiger partial charge on any atom is 0.248 e. The quantitative estimate of drug-likeness (QED) is 0.738. The third-order valence-corrected chi connectivity index (χ3v) is 3.45. The summed E-state index contributed by atoms with van der Waals surface area (Å²) in [5.41, 5.74) is 6.50. The summed E-state index contributed by atoms with van der Waals surface area (Å²) in [6.07, 6.45) is 0.716. The van der Waals surface area contributed by atoms with E-state index in [2.05, 4.69) is 25.4 Å². The van der Waals surface area contributed by atoms with Gasteiger partial charge in [0, 0.05) is 6.42 Å². The molecule has 8 nitrogen and oxygen atoms in total. The molecule has 3 aromatic rings. The Morgan fingerprint density at radius 2 is 2.13 bits per heavy atom. The van der Waals surface area contributed by atoms with Gasteiger partial charge in [-0.15, -0.1) is 0 Å². The number of rotatable bonds is 5. The summed E-state index contributed by atoms with van der Waals surface area (Å²) in [6, 6.07) is 5.32. The van der Waals surface area contributed by atoms with Crippen LogP contribution >= 0.6 is 0 Å². The van der Waals surface area contributed by atoms with E-state index in [0.29, 0.717) is 35.2 Å². The summed E-state index contributed by atoms with van der Waals surface area (Å²) in [4.78, 5) is 12.8. The lowest BCUT2D eigenvalue weighted by Crippen LogP contribution is -2.11. The minimum absolute atomic E-state index is 0.181. The lowest BCUT2D eigenvalue weighted by atomic mass is 10.2. The number of hydrogen-bond acceptors (Lipinski definition) is 8. The summed E-state index contributed by atoms with van der Waals surface area (Å²) in [5, 5.41) is 7.91. The normalized spacial score (nSPS) is 12.3. The molecular formula is C15H18N6O2. The first kappa shape index (κ1) is 15.0. The van der Waals surface area contributed by atoms with Crippen LogP contribution in [0.2, 0.25) is 0 Å². The van der Waals surface area contributed by atoms with Crippen molar-refractivity contribution in [2.24, 2.45) is 0 Å². The largest absolute Gasteiger partial charge is 0.496 e. The summed E-state index contributed by atoms with van der Waals surface area (Å²) in [6.45, 7) is 3.88. The van der Waals surface area contributed by atoms with Gasteiger partial charge >= 0.3 is 0 Å². The Hall–Kier alpha value is -2.90. The van der Waals surface area contributed by atoms with Crippen LogP contribution in [0.1, 0.15) is 31.6 Å². The maximum absolute atomic E-state index is 5.80. The number of fused-ring (bicyclic) bond motifs is 1. The molecule has 0 radical (unpaired) electrons. The van der Waals surface area contributed by atoms with Gasteiger partial charge in [-0.05, 0) is 19.1 Å². The lowest BCUT2D eigenvalue weighted by molar-refractivity contribution is 0.363. The number of aryl methyl sites for hydroxylation is 1. The fourth-order valence-electron chi connectivity index (χ4n) is 2.30. The van der Waals surface area contributed by atoms with Crippen LogP contribution in [-0.4, -0.2) is 27.2 Å². The Bertz CT molecular complexity index is 832. The molecular weight excluding hydrogens is 296 g/mol. The van der Waals surface area contributed by atoms with Crippen molar-refractivity contribution < 1.29 is 9.26 Å². The van der Waals surface area contributed by atoms with Crippen LogP contribution in [0.5, 0.6) is 5.75 Å². The van der Waals surface area contributed by atoms with Crippen LogP contribution in [-0.2, 0) is 6.42 Å². The number of hydrogen-bond donors (Lipinski definition) is 2. The van der Waals surface area contributed by atoms with Crippen LogP contribution in [0.4, 0.5) is 11.8 Å². The number of ether oxygens (including phenoxy) is 1. The highest BCUT2D eigenvalue weighted by atomic mass is 16.5. The predicted molar refractivity (Wildman–Crippen MR) is 86.2 cm³/mol. The highest BCUT2D eigenvalue weighted by Gasteiger charge is 2.18. The second-order valence-electron chi connectivity index (χ2n) is 5.05. The zero-order chi connectivity index (χ0) is 16.4. The first-order valence-electron chi connectivity index (χ1n) is 7.31. The number of anilines is 2. The van der Waals surface area contributed by atoms with Crippen molar-refractivity contribution in [2.75, 3.05) is 18.2 Å². The number of benzene rings is 1. The van der Waals surface area contributed by atoms with Gasteiger partial charge in [0.05, 0.1) is 18.0 Å². The zero-order valence-corrected chi connectivity index (χ0v) is 13.2. The first-order chi connectivity index (χ1) is 11.1. The van der Waals surface area contributed by atoms with Crippen molar-refractivity contribution in [2.45, 2.75) is 26.3 Å². The van der Waals surface area contributed by atoms with Gasteiger partial charge in [-0.25, -0.2) is 4.98 Å². The monoisotopic (exact) mass is 314 g/mol. The molecule has 2 aromatic heterocycles. The maximum atomic E-state index is 5.80. The zero-order valence-electron chi connectivity index (χ0n) is 13.2. The van der Waals surface area contributed by atoms with Crippen molar-refractivity contribution in [3.05, 3.63) is 29.9 Å². The van der Waals surface area contributed by atoms with Crippen LogP contribution in [0.25, 0.3) is 10.9 Å². The molecule has 3 rings (SSSR count). The van der Waals surface area contributed by atoms with Gasteiger partial charge in [-0.2, -0.15) is 9.97 Å². The van der Waals surface area contributed by atoms with E-state index in [0.717, 1.165) is 5.39 Å². The Kier molecular flexibility index (Phi) is 3.96. The van der Waals surface area contributed by atoms with E-state index in [-0.39, 0.29) is 12.0 Å². The van der Waals surface area contributed by atoms with Gasteiger partial charge in [-0.3, -0.25) is 0 Å². The predicted octanol–water partition coefficient (Wildman–Crippen LogP) is 2.34. The number of nitrogen functional groups attached to an aromatic ring is 1. The standard InChI is InChI=1S/C15H18N6O2/c1-4-11-19-14(23-21-11)8(2)17-13-12-9(18-15(16)20-13)6-5-7-10(12)22-3/h5-8H,4H2,1-3H3,(H3,16,17,18,20)/t8-/m1/s1. The molecule has 120 valence electrons. The molecule has 2 heterocycles. The molecule has 1 atom stereocenters. The SMILES string of the molecule is CCc1noc([C@@H](C)Nc2nc(N)nc3cccc(OC)c23)n1. The van der Waals surface area contributed by atoms with E-state index in [1.165, 1.54) is 0 Å². The summed E-state index contributed by atoms with van der Waals surface area (Å²) < 4.78 is 10.7. The average molecular weight is 314 g/mol. The number of nitrogens with zero attached hydrogens (tertiary/aromatic N) is 4. The molecule has 0 spiro atoms. The summed E-state index contributed by atoms with van der Waals surface area (Å²) in [7, 11) is 1.60. The van der Waals surface area contributed by atoms with E-state index in [4.69, 9.17) is 15.0 Å². The molecule has 0 aliphatic rings. The number of nitrogens with one attached hydrogen (secondary N) is 1. The molecule has 0 aliphatic heterocycles. The molecule has 0 saturated carbocycles. The molecule has 0 aliphatic carbocycles. The highest BCUT2D eigenvalue weighted by molar-refractivity contribution is 5.95. The Morgan fingerprint density at radius 1 is 1.30 bits per heavy atom. The van der Waals surface area contributed by atoms with E-state index in [1.807, 2.05) is 32.0 Å². The fraction of sp³-hybridized carbons (Fsp3) is 0.333. The minimum Gasteiger partial charge on any atom is -0.496 e.